The van der Waals surface area contributed by atoms with E-state index in [-0.39, 0.29) is 24.7 Å². The van der Waals surface area contributed by atoms with Crippen molar-refractivity contribution in [2.45, 2.75) is 19.3 Å². The van der Waals surface area contributed by atoms with Crippen LogP contribution in [0.5, 0.6) is 0 Å². The number of rotatable bonds is 2. The van der Waals surface area contributed by atoms with Crippen molar-refractivity contribution in [2.24, 2.45) is 0 Å². The highest BCUT2D eigenvalue weighted by Gasteiger charge is 2.40. The highest BCUT2D eigenvalue weighted by molar-refractivity contribution is 5.96. The molecule has 132 valence electrons. The summed E-state index contributed by atoms with van der Waals surface area (Å²) in [7, 11) is 3.22. The number of carbonyl (C=O) groups excluding carboxylic acids is 1. The Hall–Kier alpha value is -2.84. The third-order valence-corrected chi connectivity index (χ3v) is 4.08. The first-order chi connectivity index (χ1) is 11.7. The number of hydrogen-bond acceptors (Lipinski definition) is 4. The van der Waals surface area contributed by atoms with Gasteiger partial charge in [0.15, 0.2) is 0 Å². The van der Waals surface area contributed by atoms with Crippen molar-refractivity contribution in [2.75, 3.05) is 19.0 Å². The van der Waals surface area contributed by atoms with Crippen LogP contribution in [0.4, 0.5) is 18.9 Å². The van der Waals surface area contributed by atoms with Gasteiger partial charge in [-0.1, -0.05) is 12.1 Å². The van der Waals surface area contributed by atoms with Gasteiger partial charge in [0.2, 0.25) is 0 Å². The smallest absolute Gasteiger partial charge is 0.361 e. The summed E-state index contributed by atoms with van der Waals surface area (Å²) in [4.78, 5) is 26.8. The number of aromatic nitrogens is 2. The number of anilines is 1. The minimum Gasteiger partial charge on any atom is -0.361 e. The van der Waals surface area contributed by atoms with Crippen LogP contribution in [-0.4, -0.2) is 35.1 Å². The van der Waals surface area contributed by atoms with Crippen LogP contribution in [0, 0.1) is 0 Å². The molecule has 1 N–H and O–H groups in total. The van der Waals surface area contributed by atoms with E-state index in [1.165, 1.54) is 9.80 Å². The molecule has 0 aliphatic carbocycles. The van der Waals surface area contributed by atoms with Gasteiger partial charge in [-0.25, -0.2) is 5.10 Å². The van der Waals surface area contributed by atoms with Crippen molar-refractivity contribution in [1.82, 2.24) is 15.1 Å². The molecule has 0 fully saturated rings. The molecule has 3 rings (SSSR count). The summed E-state index contributed by atoms with van der Waals surface area (Å²) < 4.78 is 39.8. The fraction of sp³-hybridized carbons (Fsp3) is 0.312. The zero-order valence-electron chi connectivity index (χ0n) is 13.5. The van der Waals surface area contributed by atoms with E-state index >= 15 is 0 Å². The molecule has 0 atom stereocenters. The van der Waals surface area contributed by atoms with Crippen LogP contribution in [-0.2, 0) is 19.3 Å². The van der Waals surface area contributed by atoms with Crippen molar-refractivity contribution < 1.29 is 18.0 Å². The lowest BCUT2D eigenvalue weighted by atomic mass is 10.0. The highest BCUT2D eigenvalue weighted by Crippen LogP contribution is 2.37. The molecule has 0 spiro atoms. The molecular weight excluding hydrogens is 337 g/mol. The van der Waals surface area contributed by atoms with Gasteiger partial charge in [-0.2, -0.15) is 18.3 Å². The van der Waals surface area contributed by atoms with Crippen LogP contribution < -0.4 is 10.5 Å². The van der Waals surface area contributed by atoms with E-state index in [2.05, 4.69) is 5.10 Å². The first-order valence-corrected chi connectivity index (χ1v) is 7.42. The molecule has 6 nitrogen and oxygen atoms in total. The minimum atomic E-state index is -4.80. The zero-order chi connectivity index (χ0) is 18.4. The quantitative estimate of drug-likeness (QED) is 0.898. The van der Waals surface area contributed by atoms with E-state index in [0.29, 0.717) is 11.1 Å². The summed E-state index contributed by atoms with van der Waals surface area (Å²) in [5.74, 6) is -0.223. The maximum atomic E-state index is 13.3. The molecular formula is C16H15F3N4O2. The van der Waals surface area contributed by atoms with Crippen LogP contribution in [0.1, 0.15) is 27.0 Å². The Morgan fingerprint density at radius 2 is 2.00 bits per heavy atom. The highest BCUT2D eigenvalue weighted by atomic mass is 19.4. The monoisotopic (exact) mass is 352 g/mol. The number of carbonyl (C=O) groups is 1. The topological polar surface area (TPSA) is 69.3 Å². The standard InChI is InChI=1S/C16H15F3N4O2/c1-22(2)15(25)10-5-3-4-9-7-23(8-11(9)10)12-6-20-21-14(24)13(12)16(17,18)19/h3-6H,7-8H2,1-2H3,(H,21,24). The van der Waals surface area contributed by atoms with Crippen molar-refractivity contribution in [3.8, 4) is 0 Å². The van der Waals surface area contributed by atoms with Crippen LogP contribution in [0.2, 0.25) is 0 Å². The Labute approximate surface area is 140 Å². The second kappa shape index (κ2) is 5.91. The van der Waals surface area contributed by atoms with Crippen LogP contribution in [0.3, 0.4) is 0 Å². The Morgan fingerprint density at radius 1 is 1.28 bits per heavy atom. The van der Waals surface area contributed by atoms with E-state index in [4.69, 9.17) is 0 Å². The van der Waals surface area contributed by atoms with E-state index < -0.39 is 17.3 Å². The molecule has 1 aromatic carbocycles. The zero-order valence-corrected chi connectivity index (χ0v) is 13.5. The lowest BCUT2D eigenvalue weighted by molar-refractivity contribution is -0.138. The SMILES string of the molecule is CN(C)C(=O)c1cccc2c1CN(c1cn[nH]c(=O)c1C(F)(F)F)C2. The molecule has 1 aliphatic rings. The van der Waals surface area contributed by atoms with E-state index in [1.54, 1.807) is 32.3 Å². The normalized spacial score (nSPS) is 13.7. The molecule has 0 radical (unpaired) electrons. The Morgan fingerprint density at radius 3 is 2.64 bits per heavy atom. The van der Waals surface area contributed by atoms with E-state index in [0.717, 1.165) is 11.8 Å². The van der Waals surface area contributed by atoms with Crippen LogP contribution in [0.25, 0.3) is 0 Å². The van der Waals surface area contributed by atoms with Crippen LogP contribution in [0.15, 0.2) is 29.2 Å². The van der Waals surface area contributed by atoms with Crippen molar-refractivity contribution in [1.29, 1.82) is 0 Å². The number of benzene rings is 1. The van der Waals surface area contributed by atoms with Gasteiger partial charge in [-0.05, 0) is 17.2 Å². The molecule has 1 amide bonds. The number of nitrogens with zero attached hydrogens (tertiary/aromatic N) is 3. The number of halogens is 3. The summed E-state index contributed by atoms with van der Waals surface area (Å²) in [6, 6.07) is 5.10. The Bertz CT molecular complexity index is 890. The predicted molar refractivity (Wildman–Crippen MR) is 84.2 cm³/mol. The lowest BCUT2D eigenvalue weighted by Gasteiger charge is -2.21. The summed E-state index contributed by atoms with van der Waals surface area (Å²) in [6.07, 6.45) is -3.81. The van der Waals surface area contributed by atoms with Gasteiger partial charge >= 0.3 is 6.18 Å². The van der Waals surface area contributed by atoms with Gasteiger partial charge in [0.05, 0.1) is 11.9 Å². The minimum absolute atomic E-state index is 0.0965. The largest absolute Gasteiger partial charge is 0.423 e. The first kappa shape index (κ1) is 17.0. The molecule has 9 heteroatoms. The number of H-pyrrole nitrogens is 1. The van der Waals surface area contributed by atoms with E-state index in [1.807, 2.05) is 5.10 Å². The maximum Gasteiger partial charge on any atom is 0.423 e. The third kappa shape index (κ3) is 2.97. The number of aromatic amines is 1. The Balaban J connectivity index is 2.05. The predicted octanol–water partition coefficient (Wildman–Crippen LogP) is 2.01. The van der Waals surface area contributed by atoms with Crippen LogP contribution >= 0.6 is 0 Å². The number of fused-ring (bicyclic) bond motifs is 1. The van der Waals surface area contributed by atoms with Crippen molar-refractivity contribution >= 4 is 11.6 Å². The van der Waals surface area contributed by atoms with Gasteiger partial charge in [-0.15, -0.1) is 0 Å². The molecule has 2 heterocycles. The average molecular weight is 352 g/mol. The molecule has 0 unspecified atom stereocenters. The molecule has 25 heavy (non-hydrogen) atoms. The van der Waals surface area contributed by atoms with Gasteiger partial charge < -0.3 is 9.80 Å². The molecule has 0 bridgehead atoms. The summed E-state index contributed by atoms with van der Waals surface area (Å²) in [5, 5.41) is 5.32. The number of amides is 1. The second-order valence-electron chi connectivity index (χ2n) is 5.96. The fourth-order valence-electron chi connectivity index (χ4n) is 2.94. The fourth-order valence-corrected chi connectivity index (χ4v) is 2.94. The van der Waals surface area contributed by atoms with Gasteiger partial charge in [-0.3, -0.25) is 9.59 Å². The summed E-state index contributed by atoms with van der Waals surface area (Å²) in [5.41, 5.74) is -1.01. The van der Waals surface area contributed by atoms with Crippen molar-refractivity contribution in [3.05, 3.63) is 57.0 Å². The maximum absolute atomic E-state index is 13.3. The molecule has 2 aromatic rings. The van der Waals surface area contributed by atoms with Crippen molar-refractivity contribution in [3.63, 3.8) is 0 Å². The second-order valence-corrected chi connectivity index (χ2v) is 5.96. The Kier molecular flexibility index (Phi) is 4.02. The average Bonchev–Trinajstić information content (AvgIpc) is 2.96. The third-order valence-electron chi connectivity index (χ3n) is 4.08. The van der Waals surface area contributed by atoms with Gasteiger partial charge in [0, 0.05) is 32.7 Å². The van der Waals surface area contributed by atoms with Gasteiger partial charge in [0.25, 0.3) is 11.5 Å². The molecule has 0 saturated carbocycles. The molecule has 1 aromatic heterocycles. The van der Waals surface area contributed by atoms with E-state index in [9.17, 15) is 22.8 Å². The molecule has 1 aliphatic heterocycles. The molecule has 0 saturated heterocycles. The summed E-state index contributed by atoms with van der Waals surface area (Å²) in [6.45, 7) is 0.261. The lowest BCUT2D eigenvalue weighted by Crippen LogP contribution is -2.29. The number of hydrogen-bond donors (Lipinski definition) is 1. The number of nitrogens with one attached hydrogen (secondary N) is 1. The van der Waals surface area contributed by atoms with Gasteiger partial charge in [0.1, 0.15) is 5.56 Å². The summed E-state index contributed by atoms with van der Waals surface area (Å²) >= 11 is 0. The number of alkyl halides is 3. The first-order valence-electron chi connectivity index (χ1n) is 7.42.